The maximum Gasteiger partial charge on any atom is 0.193 e. The van der Waals surface area contributed by atoms with Crippen molar-refractivity contribution in [2.45, 2.75) is 26.5 Å². The zero-order valence-electron chi connectivity index (χ0n) is 17.3. The Kier molecular flexibility index (Phi) is 8.78. The lowest BCUT2D eigenvalue weighted by Gasteiger charge is -2.29. The second-order valence-corrected chi connectivity index (χ2v) is 6.45. The molecule has 0 aliphatic rings. The van der Waals surface area contributed by atoms with Crippen LogP contribution in [-0.2, 0) is 11.3 Å². The summed E-state index contributed by atoms with van der Waals surface area (Å²) in [4.78, 5) is 7.00. The van der Waals surface area contributed by atoms with E-state index in [0.717, 1.165) is 30.1 Å². The Balaban J connectivity index is 2.19. The molecule has 2 rings (SSSR count). The third-order valence-electron chi connectivity index (χ3n) is 4.75. The summed E-state index contributed by atoms with van der Waals surface area (Å²) in [5.41, 5.74) is 9.30. The Hall–Kier alpha value is -2.57. The average molecular weight is 385 g/mol. The van der Waals surface area contributed by atoms with Crippen LogP contribution < -0.4 is 15.8 Å². The van der Waals surface area contributed by atoms with Crippen molar-refractivity contribution in [2.24, 2.45) is 10.7 Å². The van der Waals surface area contributed by atoms with Crippen LogP contribution in [0.4, 0.5) is 5.69 Å². The second kappa shape index (κ2) is 11.3. The molecule has 0 aliphatic heterocycles. The van der Waals surface area contributed by atoms with Crippen LogP contribution in [0.1, 0.15) is 31.0 Å². The number of methoxy groups -OCH3 is 2. The molecule has 152 valence electrons. The smallest absolute Gasteiger partial charge is 0.193 e. The molecule has 0 bridgehead atoms. The highest BCUT2D eigenvalue weighted by atomic mass is 16.5. The first kappa shape index (κ1) is 21.7. The predicted octanol–water partition coefficient (Wildman–Crippen LogP) is 3.65. The summed E-state index contributed by atoms with van der Waals surface area (Å²) in [5.74, 6) is 1.24. The van der Waals surface area contributed by atoms with Crippen LogP contribution in [0.2, 0.25) is 0 Å². The molecule has 0 aliphatic carbocycles. The largest absolute Gasteiger partial charge is 0.497 e. The Morgan fingerprint density at radius 1 is 1.11 bits per heavy atom. The highest BCUT2D eigenvalue weighted by Gasteiger charge is 2.18. The molecule has 0 amide bonds. The summed E-state index contributed by atoms with van der Waals surface area (Å²) in [7, 11) is 3.36. The topological polar surface area (TPSA) is 72.1 Å². The number of hydrogen-bond acceptors (Lipinski definition) is 4. The number of hydrogen-bond donors (Lipinski definition) is 2. The van der Waals surface area contributed by atoms with E-state index >= 15 is 0 Å². The second-order valence-electron chi connectivity index (χ2n) is 6.45. The first-order valence-electron chi connectivity index (χ1n) is 9.64. The van der Waals surface area contributed by atoms with Crippen LogP contribution >= 0.6 is 0 Å². The minimum absolute atomic E-state index is 0.125. The van der Waals surface area contributed by atoms with Crippen LogP contribution in [0, 0.1) is 0 Å². The summed E-state index contributed by atoms with van der Waals surface area (Å²) < 4.78 is 10.6. The van der Waals surface area contributed by atoms with Gasteiger partial charge in [-0.1, -0.05) is 44.2 Å². The molecule has 0 saturated carbocycles. The van der Waals surface area contributed by atoms with Gasteiger partial charge >= 0.3 is 0 Å². The van der Waals surface area contributed by atoms with E-state index in [1.807, 2.05) is 36.4 Å². The lowest BCUT2D eigenvalue weighted by atomic mass is 10.0. The minimum Gasteiger partial charge on any atom is -0.497 e. The molecule has 6 nitrogen and oxygen atoms in total. The molecule has 0 aromatic heterocycles. The number of nitrogens with zero attached hydrogens (tertiary/aromatic N) is 2. The number of ether oxygens (including phenoxy) is 2. The fraction of sp³-hybridized carbons (Fsp3) is 0.409. The summed E-state index contributed by atoms with van der Waals surface area (Å²) >= 11 is 0. The molecule has 2 aromatic carbocycles. The molecule has 0 spiro atoms. The lowest BCUT2D eigenvalue weighted by molar-refractivity contribution is 0.185. The number of anilines is 1. The predicted molar refractivity (Wildman–Crippen MR) is 116 cm³/mol. The molecule has 3 N–H and O–H groups in total. The zero-order chi connectivity index (χ0) is 20.4. The monoisotopic (exact) mass is 384 g/mol. The van der Waals surface area contributed by atoms with Crippen molar-refractivity contribution in [2.75, 3.05) is 39.2 Å². The maximum absolute atomic E-state index is 6.19. The fourth-order valence-corrected chi connectivity index (χ4v) is 3.23. The van der Waals surface area contributed by atoms with E-state index in [1.54, 1.807) is 14.2 Å². The van der Waals surface area contributed by atoms with Crippen LogP contribution in [0.25, 0.3) is 0 Å². The van der Waals surface area contributed by atoms with Crippen LogP contribution in [0.5, 0.6) is 5.75 Å². The van der Waals surface area contributed by atoms with E-state index in [2.05, 4.69) is 41.2 Å². The average Bonchev–Trinajstić information content (AvgIpc) is 2.72. The van der Waals surface area contributed by atoms with Gasteiger partial charge in [0, 0.05) is 18.4 Å². The third kappa shape index (κ3) is 5.97. The number of benzene rings is 2. The number of para-hydroxylation sites is 1. The summed E-state index contributed by atoms with van der Waals surface area (Å²) in [5, 5.41) is 3.20. The van der Waals surface area contributed by atoms with E-state index in [0.29, 0.717) is 19.1 Å². The first-order valence-corrected chi connectivity index (χ1v) is 9.64. The van der Waals surface area contributed by atoms with Crippen molar-refractivity contribution < 1.29 is 9.47 Å². The number of guanidine groups is 1. The van der Waals surface area contributed by atoms with Gasteiger partial charge in [0.05, 0.1) is 26.3 Å². The molecular weight excluding hydrogens is 352 g/mol. The Labute approximate surface area is 168 Å². The van der Waals surface area contributed by atoms with Gasteiger partial charge in [-0.15, -0.1) is 0 Å². The number of nitrogens with one attached hydrogen (secondary N) is 1. The molecule has 28 heavy (non-hydrogen) atoms. The summed E-state index contributed by atoms with van der Waals surface area (Å²) in [6, 6.07) is 16.2. The number of rotatable bonds is 10. The van der Waals surface area contributed by atoms with Crippen molar-refractivity contribution >= 4 is 11.6 Å². The van der Waals surface area contributed by atoms with Crippen molar-refractivity contribution in [1.82, 2.24) is 4.90 Å². The number of nitrogens with two attached hydrogens (primary N) is 1. The van der Waals surface area contributed by atoms with E-state index in [9.17, 15) is 0 Å². The van der Waals surface area contributed by atoms with Crippen molar-refractivity contribution in [3.8, 4) is 5.75 Å². The quantitative estimate of drug-likeness (QED) is 0.483. The standard InChI is InChI=1S/C22H32N4O2/c1-5-26(6-2)21(17-11-9-12-19(14-17)28-4)15-24-22(23)25-20-13-8-7-10-18(20)16-27-3/h7-14,21H,5-6,15-16H2,1-4H3,(H3,23,24,25). The van der Waals surface area contributed by atoms with Crippen molar-refractivity contribution in [3.63, 3.8) is 0 Å². The van der Waals surface area contributed by atoms with Gasteiger partial charge in [-0.3, -0.25) is 9.89 Å². The van der Waals surface area contributed by atoms with Crippen LogP contribution in [-0.4, -0.2) is 44.7 Å². The van der Waals surface area contributed by atoms with Gasteiger partial charge in [0.1, 0.15) is 5.75 Å². The van der Waals surface area contributed by atoms with Crippen LogP contribution in [0.3, 0.4) is 0 Å². The zero-order valence-corrected chi connectivity index (χ0v) is 17.3. The minimum atomic E-state index is 0.125. The first-order chi connectivity index (χ1) is 13.6. The van der Waals surface area contributed by atoms with Crippen molar-refractivity contribution in [3.05, 3.63) is 59.7 Å². The van der Waals surface area contributed by atoms with Gasteiger partial charge in [0.2, 0.25) is 0 Å². The molecule has 1 atom stereocenters. The highest BCUT2D eigenvalue weighted by molar-refractivity contribution is 5.93. The van der Waals surface area contributed by atoms with Crippen LogP contribution in [0.15, 0.2) is 53.5 Å². The molecule has 0 radical (unpaired) electrons. The van der Waals surface area contributed by atoms with E-state index in [1.165, 1.54) is 5.56 Å². The van der Waals surface area contributed by atoms with Gasteiger partial charge in [0.25, 0.3) is 0 Å². The van der Waals surface area contributed by atoms with Gasteiger partial charge in [-0.05, 0) is 36.9 Å². The van der Waals surface area contributed by atoms with Gasteiger partial charge in [-0.25, -0.2) is 0 Å². The summed E-state index contributed by atoms with van der Waals surface area (Å²) in [6.07, 6.45) is 0. The Bertz CT molecular complexity index is 760. The molecule has 0 heterocycles. The molecular formula is C22H32N4O2. The van der Waals surface area contributed by atoms with Crippen molar-refractivity contribution in [1.29, 1.82) is 0 Å². The maximum atomic E-state index is 6.19. The number of likely N-dealkylation sites (N-methyl/N-ethyl adjacent to an activating group) is 1. The Morgan fingerprint density at radius 2 is 1.86 bits per heavy atom. The number of aliphatic imine (C=N–C) groups is 1. The van der Waals surface area contributed by atoms with Gasteiger partial charge in [-0.2, -0.15) is 0 Å². The summed E-state index contributed by atoms with van der Waals surface area (Å²) in [6.45, 7) is 7.24. The molecule has 0 saturated heterocycles. The highest BCUT2D eigenvalue weighted by Crippen LogP contribution is 2.25. The van der Waals surface area contributed by atoms with E-state index in [4.69, 9.17) is 15.2 Å². The normalized spacial score (nSPS) is 12.8. The van der Waals surface area contributed by atoms with E-state index in [-0.39, 0.29) is 6.04 Å². The van der Waals surface area contributed by atoms with E-state index < -0.39 is 0 Å². The molecule has 1 unspecified atom stereocenters. The third-order valence-corrected chi connectivity index (χ3v) is 4.75. The Morgan fingerprint density at radius 3 is 2.54 bits per heavy atom. The SMILES string of the molecule is CCN(CC)C(CN=C(N)Nc1ccccc1COC)c1cccc(OC)c1. The molecule has 2 aromatic rings. The van der Waals surface area contributed by atoms with Gasteiger partial charge < -0.3 is 20.5 Å². The molecule has 0 fully saturated rings. The molecule has 6 heteroatoms. The van der Waals surface area contributed by atoms with Gasteiger partial charge in [0.15, 0.2) is 5.96 Å². The fourth-order valence-electron chi connectivity index (χ4n) is 3.23. The lowest BCUT2D eigenvalue weighted by Crippen LogP contribution is -2.32.